The zero-order valence-corrected chi connectivity index (χ0v) is 15.1. The summed E-state index contributed by atoms with van der Waals surface area (Å²) in [7, 11) is 0. The van der Waals surface area contributed by atoms with Gasteiger partial charge in [-0.15, -0.1) is 11.3 Å². The van der Waals surface area contributed by atoms with Gasteiger partial charge in [-0.2, -0.15) is 0 Å². The molecular weight excluding hydrogens is 360 g/mol. The number of hydrogen-bond acceptors (Lipinski definition) is 5. The standard InChI is InChI=1S/C20H16N4O2S/c25-19(18-2-1-10-24(18)12-15-5-8-21-9-6-15)23-20-22-17(14-27-20)4-3-16-7-11-26-13-16/h1-11,13-14H,12H2,(H,22,23,25). The molecule has 0 aromatic carbocycles. The van der Waals surface area contributed by atoms with Crippen molar-refractivity contribution >= 4 is 34.5 Å². The molecule has 1 amide bonds. The van der Waals surface area contributed by atoms with Crippen LogP contribution in [0.4, 0.5) is 5.13 Å². The van der Waals surface area contributed by atoms with Crippen LogP contribution in [0.25, 0.3) is 12.2 Å². The maximum Gasteiger partial charge on any atom is 0.274 e. The van der Waals surface area contributed by atoms with E-state index >= 15 is 0 Å². The normalized spacial score (nSPS) is 11.1. The molecule has 27 heavy (non-hydrogen) atoms. The molecule has 4 aromatic rings. The minimum absolute atomic E-state index is 0.186. The summed E-state index contributed by atoms with van der Waals surface area (Å²) in [4.78, 5) is 21.1. The topological polar surface area (TPSA) is 73.0 Å². The van der Waals surface area contributed by atoms with Gasteiger partial charge in [0.1, 0.15) is 5.69 Å². The van der Waals surface area contributed by atoms with Crippen LogP contribution in [0, 0.1) is 0 Å². The largest absolute Gasteiger partial charge is 0.472 e. The van der Waals surface area contributed by atoms with Crippen LogP contribution in [0.1, 0.15) is 27.3 Å². The lowest BCUT2D eigenvalue weighted by Crippen LogP contribution is -2.17. The van der Waals surface area contributed by atoms with E-state index in [-0.39, 0.29) is 5.91 Å². The number of amides is 1. The number of thiazole rings is 1. The molecule has 1 N–H and O–H groups in total. The molecule has 0 fully saturated rings. The summed E-state index contributed by atoms with van der Waals surface area (Å²) in [5.74, 6) is -0.186. The number of nitrogens with one attached hydrogen (secondary N) is 1. The fourth-order valence-corrected chi connectivity index (χ4v) is 3.25. The molecule has 4 heterocycles. The number of carbonyl (C=O) groups is 1. The van der Waals surface area contributed by atoms with E-state index in [9.17, 15) is 4.79 Å². The van der Waals surface area contributed by atoms with E-state index in [1.54, 1.807) is 31.0 Å². The average molecular weight is 376 g/mol. The highest BCUT2D eigenvalue weighted by Gasteiger charge is 2.13. The van der Waals surface area contributed by atoms with Crippen LogP contribution in [0.3, 0.4) is 0 Å². The first-order valence-corrected chi connectivity index (χ1v) is 9.17. The first-order valence-electron chi connectivity index (χ1n) is 8.29. The van der Waals surface area contributed by atoms with Crippen LogP contribution in [0.5, 0.6) is 0 Å². The Morgan fingerprint density at radius 3 is 2.93 bits per heavy atom. The third-order valence-electron chi connectivity index (χ3n) is 3.90. The van der Waals surface area contributed by atoms with Gasteiger partial charge in [0.05, 0.1) is 18.2 Å². The number of aromatic nitrogens is 3. The van der Waals surface area contributed by atoms with E-state index in [1.807, 2.05) is 52.6 Å². The Bertz CT molecular complexity index is 1050. The highest BCUT2D eigenvalue weighted by atomic mass is 32.1. The van der Waals surface area contributed by atoms with Crippen LogP contribution in [0.2, 0.25) is 0 Å². The SMILES string of the molecule is O=C(Nc1nc(C=Cc2ccoc2)cs1)c1cccn1Cc1ccncc1. The minimum Gasteiger partial charge on any atom is -0.472 e. The molecule has 0 saturated carbocycles. The Morgan fingerprint density at radius 2 is 2.11 bits per heavy atom. The van der Waals surface area contributed by atoms with Gasteiger partial charge >= 0.3 is 0 Å². The van der Waals surface area contributed by atoms with Crippen LogP contribution in [-0.2, 0) is 6.54 Å². The Balaban J connectivity index is 1.43. The lowest BCUT2D eigenvalue weighted by molar-refractivity contribution is 0.101. The molecule has 0 saturated heterocycles. The molecule has 0 atom stereocenters. The van der Waals surface area contributed by atoms with Crippen molar-refractivity contribution in [2.75, 3.05) is 5.32 Å². The molecular formula is C20H16N4O2S. The van der Waals surface area contributed by atoms with Gasteiger partial charge in [0.15, 0.2) is 5.13 Å². The van der Waals surface area contributed by atoms with E-state index in [0.29, 0.717) is 17.4 Å². The van der Waals surface area contributed by atoms with Gasteiger partial charge in [-0.05, 0) is 48.0 Å². The molecule has 4 aromatic heterocycles. The number of hydrogen-bond donors (Lipinski definition) is 1. The third-order valence-corrected chi connectivity index (χ3v) is 4.67. The fraction of sp³-hybridized carbons (Fsp3) is 0.0500. The van der Waals surface area contributed by atoms with Gasteiger partial charge in [0.2, 0.25) is 0 Å². The molecule has 0 radical (unpaired) electrons. The highest BCUT2D eigenvalue weighted by molar-refractivity contribution is 7.14. The molecule has 134 valence electrons. The monoisotopic (exact) mass is 376 g/mol. The van der Waals surface area contributed by atoms with Gasteiger partial charge in [-0.1, -0.05) is 0 Å². The summed E-state index contributed by atoms with van der Waals surface area (Å²) in [5, 5.41) is 5.32. The smallest absolute Gasteiger partial charge is 0.274 e. The summed E-state index contributed by atoms with van der Waals surface area (Å²) in [5.41, 5.74) is 3.40. The highest BCUT2D eigenvalue weighted by Crippen LogP contribution is 2.19. The van der Waals surface area contributed by atoms with Crippen molar-refractivity contribution in [3.63, 3.8) is 0 Å². The first-order chi connectivity index (χ1) is 13.3. The molecule has 0 unspecified atom stereocenters. The molecule has 7 heteroatoms. The Morgan fingerprint density at radius 1 is 1.22 bits per heavy atom. The summed E-state index contributed by atoms with van der Waals surface area (Å²) in [6, 6.07) is 9.38. The zero-order valence-electron chi connectivity index (χ0n) is 14.3. The minimum atomic E-state index is -0.186. The Hall–Kier alpha value is -3.45. The van der Waals surface area contributed by atoms with Crippen molar-refractivity contribution in [1.82, 2.24) is 14.5 Å². The van der Waals surface area contributed by atoms with Gasteiger partial charge in [0, 0.05) is 36.1 Å². The van der Waals surface area contributed by atoms with Crippen molar-refractivity contribution in [3.05, 3.63) is 89.3 Å². The number of pyridine rings is 1. The van der Waals surface area contributed by atoms with Crippen molar-refractivity contribution in [2.24, 2.45) is 0 Å². The number of furan rings is 1. The van der Waals surface area contributed by atoms with Gasteiger partial charge in [-0.25, -0.2) is 4.98 Å². The summed E-state index contributed by atoms with van der Waals surface area (Å²) >= 11 is 1.39. The molecule has 6 nitrogen and oxygen atoms in total. The Kier molecular flexibility index (Phi) is 4.93. The summed E-state index contributed by atoms with van der Waals surface area (Å²) in [6.07, 6.45) is 12.4. The number of anilines is 1. The summed E-state index contributed by atoms with van der Waals surface area (Å²) in [6.45, 7) is 0.606. The Labute approximate surface area is 159 Å². The van der Waals surface area contributed by atoms with E-state index in [1.165, 1.54) is 11.3 Å². The van der Waals surface area contributed by atoms with Gasteiger partial charge < -0.3 is 8.98 Å². The number of nitrogens with zero attached hydrogens (tertiary/aromatic N) is 3. The lowest BCUT2D eigenvalue weighted by Gasteiger charge is -2.08. The van der Waals surface area contributed by atoms with E-state index in [2.05, 4.69) is 15.3 Å². The van der Waals surface area contributed by atoms with Crippen molar-refractivity contribution in [3.8, 4) is 0 Å². The third kappa shape index (κ3) is 4.21. The van der Waals surface area contributed by atoms with Crippen molar-refractivity contribution < 1.29 is 9.21 Å². The van der Waals surface area contributed by atoms with E-state index in [4.69, 9.17) is 4.42 Å². The molecule has 0 aliphatic heterocycles. The molecule has 4 rings (SSSR count). The second-order valence-electron chi connectivity index (χ2n) is 5.80. The molecule has 0 aliphatic carbocycles. The summed E-state index contributed by atoms with van der Waals surface area (Å²) < 4.78 is 6.92. The predicted molar refractivity (Wildman–Crippen MR) is 105 cm³/mol. The lowest BCUT2D eigenvalue weighted by atomic mass is 10.2. The molecule has 0 bridgehead atoms. The van der Waals surface area contributed by atoms with Crippen molar-refractivity contribution in [1.29, 1.82) is 0 Å². The maximum atomic E-state index is 12.6. The van der Waals surface area contributed by atoms with E-state index in [0.717, 1.165) is 16.8 Å². The second kappa shape index (κ2) is 7.84. The van der Waals surface area contributed by atoms with Crippen LogP contribution < -0.4 is 5.32 Å². The number of rotatable bonds is 6. The van der Waals surface area contributed by atoms with Crippen LogP contribution in [0.15, 0.2) is 71.2 Å². The fourth-order valence-electron chi connectivity index (χ4n) is 2.58. The predicted octanol–water partition coefficient (Wildman–Crippen LogP) is 4.40. The van der Waals surface area contributed by atoms with Crippen LogP contribution >= 0.6 is 11.3 Å². The average Bonchev–Trinajstić information content (AvgIpc) is 3.43. The van der Waals surface area contributed by atoms with Gasteiger partial charge in [0.25, 0.3) is 5.91 Å². The second-order valence-corrected chi connectivity index (χ2v) is 6.66. The molecule has 0 spiro atoms. The van der Waals surface area contributed by atoms with Gasteiger partial charge in [-0.3, -0.25) is 15.1 Å². The quantitative estimate of drug-likeness (QED) is 0.541. The van der Waals surface area contributed by atoms with Crippen molar-refractivity contribution in [2.45, 2.75) is 6.54 Å². The molecule has 0 aliphatic rings. The van der Waals surface area contributed by atoms with E-state index < -0.39 is 0 Å². The maximum absolute atomic E-state index is 12.6. The van der Waals surface area contributed by atoms with Crippen LogP contribution in [-0.4, -0.2) is 20.4 Å². The zero-order chi connectivity index (χ0) is 18.5. The first kappa shape index (κ1) is 17.0. The number of carbonyl (C=O) groups excluding carboxylic acids is 1.